The van der Waals surface area contributed by atoms with Crippen LogP contribution >= 0.6 is 0 Å². The summed E-state index contributed by atoms with van der Waals surface area (Å²) >= 11 is 0. The van der Waals surface area contributed by atoms with Crippen molar-refractivity contribution in [2.24, 2.45) is 11.3 Å². The van der Waals surface area contributed by atoms with E-state index in [9.17, 15) is 9.59 Å². The monoisotopic (exact) mass is 382 g/mol. The number of hydrogen-bond donors (Lipinski definition) is 1. The average Bonchev–Trinajstić information content (AvgIpc) is 2.80. The lowest BCUT2D eigenvalue weighted by atomic mass is 9.84. The molecule has 4 heteroatoms. The fraction of sp³-hybridized carbons (Fsp3) is 0.500. The summed E-state index contributed by atoms with van der Waals surface area (Å²) in [5, 5.41) is 1.46. The molecule has 0 heterocycles. The minimum Gasteiger partial charge on any atom is -0.267 e. The summed E-state index contributed by atoms with van der Waals surface area (Å²) in [6.45, 7) is 21.4. The molecule has 0 aromatic rings. The first-order chi connectivity index (χ1) is 12.9. The van der Waals surface area contributed by atoms with Crippen LogP contribution in [-0.2, 0) is 9.59 Å². The number of carbonyl (C=O) groups excluding carboxylic acids is 2. The van der Waals surface area contributed by atoms with Crippen LogP contribution in [0.25, 0.3) is 0 Å². The summed E-state index contributed by atoms with van der Waals surface area (Å²) in [7, 11) is 0. The van der Waals surface area contributed by atoms with Gasteiger partial charge in [-0.25, -0.2) is 5.01 Å². The number of hydrogen-bond acceptors (Lipinski definition) is 2. The Morgan fingerprint density at radius 3 is 2.36 bits per heavy atom. The molecule has 0 spiro atoms. The lowest BCUT2D eigenvalue weighted by Gasteiger charge is -2.40. The van der Waals surface area contributed by atoms with Crippen LogP contribution in [0.3, 0.4) is 0 Å². The predicted octanol–water partition coefficient (Wildman–Crippen LogP) is 4.72. The summed E-state index contributed by atoms with van der Waals surface area (Å²) in [5.74, 6) is 5.56. The first-order valence-electron chi connectivity index (χ1n) is 9.85. The summed E-state index contributed by atoms with van der Waals surface area (Å²) in [6, 6.07) is -0.194. The highest BCUT2D eigenvalue weighted by atomic mass is 16.2. The van der Waals surface area contributed by atoms with Crippen molar-refractivity contribution >= 4 is 11.8 Å². The molecule has 2 unspecified atom stereocenters. The Morgan fingerprint density at radius 1 is 1.29 bits per heavy atom. The molecule has 0 fully saturated rings. The summed E-state index contributed by atoms with van der Waals surface area (Å²) < 4.78 is 0. The van der Waals surface area contributed by atoms with Gasteiger partial charge >= 0.3 is 0 Å². The van der Waals surface area contributed by atoms with Gasteiger partial charge in [-0.05, 0) is 43.8 Å². The molecule has 1 aliphatic rings. The van der Waals surface area contributed by atoms with Crippen LogP contribution in [0.15, 0.2) is 47.6 Å². The molecule has 0 saturated heterocycles. The first-order valence-corrected chi connectivity index (χ1v) is 9.85. The zero-order valence-corrected chi connectivity index (χ0v) is 18.4. The van der Waals surface area contributed by atoms with E-state index < -0.39 is 5.91 Å². The van der Waals surface area contributed by atoms with Crippen LogP contribution in [0, 0.1) is 23.2 Å². The second kappa shape index (κ2) is 9.59. The summed E-state index contributed by atoms with van der Waals surface area (Å²) in [4.78, 5) is 26.2. The molecule has 2 amide bonds. The third-order valence-corrected chi connectivity index (χ3v) is 4.78. The molecule has 0 aromatic carbocycles. The molecule has 0 radical (unpaired) electrons. The van der Waals surface area contributed by atoms with Gasteiger partial charge in [0.25, 0.3) is 11.8 Å². The number of allylic oxidation sites excluding steroid dienone is 2. The molecule has 152 valence electrons. The third-order valence-electron chi connectivity index (χ3n) is 4.78. The Balaban J connectivity index is 3.38. The van der Waals surface area contributed by atoms with Crippen molar-refractivity contribution in [2.45, 2.75) is 67.3 Å². The SMILES string of the molecule is C=C(C)C(=C)C(=O)NN(C(=O)C1=CC(C)C#CC(CC)=C1)C(CC)C(C)(C)C. The topological polar surface area (TPSA) is 49.4 Å². The number of nitrogens with zero attached hydrogens (tertiary/aromatic N) is 1. The Labute approximate surface area is 170 Å². The van der Waals surface area contributed by atoms with Gasteiger partial charge in [-0.15, -0.1) is 0 Å². The first kappa shape index (κ1) is 23.5. The lowest BCUT2D eigenvalue weighted by Crippen LogP contribution is -2.56. The smallest absolute Gasteiger partial charge is 0.267 e. The Bertz CT molecular complexity index is 782. The van der Waals surface area contributed by atoms with E-state index >= 15 is 0 Å². The van der Waals surface area contributed by atoms with E-state index in [2.05, 4.69) is 51.2 Å². The zero-order valence-electron chi connectivity index (χ0n) is 18.4. The highest BCUT2D eigenvalue weighted by molar-refractivity contribution is 6.01. The van der Waals surface area contributed by atoms with Gasteiger partial charge in [-0.2, -0.15) is 0 Å². The second-order valence-electron chi connectivity index (χ2n) is 8.37. The van der Waals surface area contributed by atoms with Crippen LogP contribution in [0.4, 0.5) is 0 Å². The maximum absolute atomic E-state index is 13.5. The van der Waals surface area contributed by atoms with Gasteiger partial charge in [0.15, 0.2) is 0 Å². The number of hydrazine groups is 1. The van der Waals surface area contributed by atoms with E-state index in [1.165, 1.54) is 5.01 Å². The second-order valence-corrected chi connectivity index (χ2v) is 8.37. The van der Waals surface area contributed by atoms with E-state index in [1.54, 1.807) is 6.92 Å². The van der Waals surface area contributed by atoms with Gasteiger partial charge < -0.3 is 0 Å². The van der Waals surface area contributed by atoms with Crippen molar-refractivity contribution in [3.63, 3.8) is 0 Å². The number of rotatable bonds is 6. The van der Waals surface area contributed by atoms with Gasteiger partial charge in [-0.1, -0.05) is 65.7 Å². The van der Waals surface area contributed by atoms with Crippen molar-refractivity contribution in [3.8, 4) is 11.8 Å². The Kier molecular flexibility index (Phi) is 8.05. The van der Waals surface area contributed by atoms with Crippen LogP contribution in [0.1, 0.15) is 61.3 Å². The lowest BCUT2D eigenvalue weighted by molar-refractivity contribution is -0.142. The molecule has 4 nitrogen and oxygen atoms in total. The quantitative estimate of drug-likeness (QED) is 0.313. The molecule has 1 rings (SSSR count). The van der Waals surface area contributed by atoms with Crippen molar-refractivity contribution in [1.29, 1.82) is 0 Å². The standard InChI is InChI=1S/C24H34N2O2/c1-10-19-13-12-17(5)14-20(15-19)23(28)26(21(11-2)24(7,8)9)25-22(27)18(6)16(3)4/h14-15,17,21H,3,6,10-11H2,1-2,4-5,7-9H3,(H,25,27). The molecule has 0 bridgehead atoms. The molecule has 1 N–H and O–H groups in total. The highest BCUT2D eigenvalue weighted by Gasteiger charge is 2.35. The van der Waals surface area contributed by atoms with Crippen molar-refractivity contribution < 1.29 is 9.59 Å². The van der Waals surface area contributed by atoms with Gasteiger partial charge in [0.2, 0.25) is 0 Å². The fourth-order valence-corrected chi connectivity index (χ4v) is 3.08. The molecule has 0 aromatic heterocycles. The summed E-state index contributed by atoms with van der Waals surface area (Å²) in [6.07, 6.45) is 5.14. The molecule has 0 aliphatic heterocycles. The van der Waals surface area contributed by atoms with Gasteiger partial charge in [0, 0.05) is 22.6 Å². The average molecular weight is 383 g/mol. The maximum Gasteiger partial charge on any atom is 0.272 e. The normalized spacial score (nSPS) is 17.2. The predicted molar refractivity (Wildman–Crippen MR) is 116 cm³/mol. The third kappa shape index (κ3) is 5.99. The Hall–Kier alpha value is -2.54. The van der Waals surface area contributed by atoms with Crippen LogP contribution in [-0.4, -0.2) is 22.9 Å². The maximum atomic E-state index is 13.5. The summed E-state index contributed by atoms with van der Waals surface area (Å²) in [5.41, 5.74) is 4.84. The van der Waals surface area contributed by atoms with Crippen molar-refractivity contribution in [1.82, 2.24) is 10.4 Å². The Morgan fingerprint density at radius 2 is 1.89 bits per heavy atom. The van der Waals surface area contributed by atoms with Gasteiger partial charge in [0.1, 0.15) is 0 Å². The van der Waals surface area contributed by atoms with Crippen LogP contribution in [0.2, 0.25) is 0 Å². The molecule has 28 heavy (non-hydrogen) atoms. The van der Waals surface area contributed by atoms with Crippen molar-refractivity contribution in [2.75, 3.05) is 0 Å². The largest absolute Gasteiger partial charge is 0.272 e. The van der Waals surface area contributed by atoms with E-state index in [0.717, 1.165) is 12.0 Å². The van der Waals surface area contributed by atoms with Crippen molar-refractivity contribution in [3.05, 3.63) is 47.6 Å². The minimum absolute atomic E-state index is 0.0445. The molecule has 1 aliphatic carbocycles. The van der Waals surface area contributed by atoms with Crippen LogP contribution < -0.4 is 5.43 Å². The van der Waals surface area contributed by atoms with Gasteiger partial charge in [0.05, 0.1) is 6.04 Å². The highest BCUT2D eigenvalue weighted by Crippen LogP contribution is 2.28. The van der Waals surface area contributed by atoms with E-state index in [4.69, 9.17) is 0 Å². The number of amides is 2. The molecule has 2 atom stereocenters. The fourth-order valence-electron chi connectivity index (χ4n) is 3.08. The molecule has 0 saturated carbocycles. The van der Waals surface area contributed by atoms with Gasteiger partial charge in [-0.3, -0.25) is 15.0 Å². The zero-order chi connectivity index (χ0) is 21.6. The van der Waals surface area contributed by atoms with Crippen LogP contribution in [0.5, 0.6) is 0 Å². The van der Waals surface area contributed by atoms with E-state index in [-0.39, 0.29) is 28.9 Å². The minimum atomic E-state index is -0.415. The number of nitrogens with one attached hydrogen (secondary N) is 1. The molecular formula is C24H34N2O2. The van der Waals surface area contributed by atoms with E-state index in [1.807, 2.05) is 32.9 Å². The molecular weight excluding hydrogens is 348 g/mol. The van der Waals surface area contributed by atoms with E-state index in [0.29, 0.717) is 17.6 Å². The number of carbonyl (C=O) groups is 2.